The zero-order valence-corrected chi connectivity index (χ0v) is 18.9. The third-order valence-corrected chi connectivity index (χ3v) is 6.20. The quantitative estimate of drug-likeness (QED) is 0.463. The number of rotatable bonds is 9. The molecule has 7 nitrogen and oxygen atoms in total. The molecule has 1 heterocycles. The van der Waals surface area contributed by atoms with Gasteiger partial charge in [0.2, 0.25) is 11.8 Å². The number of likely N-dealkylation sites (tertiary alicyclic amines) is 1. The third-order valence-electron chi connectivity index (χ3n) is 5.20. The number of esters is 1. The van der Waals surface area contributed by atoms with E-state index in [-0.39, 0.29) is 29.5 Å². The van der Waals surface area contributed by atoms with Crippen molar-refractivity contribution in [2.24, 2.45) is 0 Å². The minimum atomic E-state index is -0.752. The van der Waals surface area contributed by atoms with Crippen molar-refractivity contribution < 1.29 is 23.9 Å². The average Bonchev–Trinajstić information content (AvgIpc) is 2.88. The molecule has 0 aromatic heterocycles. The van der Waals surface area contributed by atoms with Gasteiger partial charge in [-0.3, -0.25) is 19.2 Å². The molecule has 2 amide bonds. The minimum Gasteiger partial charge on any atom is -0.468 e. The molecule has 1 N–H and O–H groups in total. The minimum absolute atomic E-state index is 0.165. The number of thioether (sulfide) groups is 1. The smallest absolute Gasteiger partial charge is 0.325 e. The Balaban J connectivity index is 2.17. The Labute approximate surface area is 187 Å². The van der Waals surface area contributed by atoms with Crippen LogP contribution in [-0.2, 0) is 30.3 Å². The Morgan fingerprint density at radius 2 is 2.00 bits per heavy atom. The van der Waals surface area contributed by atoms with Crippen LogP contribution < -0.4 is 5.32 Å². The van der Waals surface area contributed by atoms with Crippen LogP contribution >= 0.6 is 11.8 Å². The molecule has 0 radical (unpaired) electrons. The molecular weight excluding hydrogens is 416 g/mol. The Kier molecular flexibility index (Phi) is 9.78. The maximum Gasteiger partial charge on any atom is 0.325 e. The number of amides is 2. The second kappa shape index (κ2) is 12.3. The zero-order chi connectivity index (χ0) is 22.8. The van der Waals surface area contributed by atoms with E-state index in [0.29, 0.717) is 25.7 Å². The van der Waals surface area contributed by atoms with Gasteiger partial charge in [0.15, 0.2) is 5.12 Å². The summed E-state index contributed by atoms with van der Waals surface area (Å²) in [6, 6.07) is 8.52. The summed E-state index contributed by atoms with van der Waals surface area (Å²) in [7, 11) is 1.28. The second-order valence-corrected chi connectivity index (χ2v) is 8.88. The lowest BCUT2D eigenvalue weighted by Gasteiger charge is -2.30. The average molecular weight is 447 g/mol. The number of benzene rings is 1. The largest absolute Gasteiger partial charge is 0.468 e. The van der Waals surface area contributed by atoms with Crippen molar-refractivity contribution in [1.29, 1.82) is 0 Å². The summed E-state index contributed by atoms with van der Waals surface area (Å²) in [6.45, 7) is 4.99. The first kappa shape index (κ1) is 24.7. The lowest BCUT2D eigenvalue weighted by Crippen LogP contribution is -2.53. The summed E-state index contributed by atoms with van der Waals surface area (Å²) in [4.78, 5) is 51.3. The number of carbonyl (C=O) groups excluding carboxylic acids is 4. The highest BCUT2D eigenvalue weighted by Gasteiger charge is 2.36. The van der Waals surface area contributed by atoms with E-state index in [2.05, 4.69) is 11.9 Å². The fourth-order valence-corrected chi connectivity index (χ4v) is 4.53. The van der Waals surface area contributed by atoms with Gasteiger partial charge >= 0.3 is 5.97 Å². The Morgan fingerprint density at radius 3 is 2.61 bits per heavy atom. The standard InChI is InChI=1S/C23H30N2O5S/c1-4-9-18-12-8-13-19(23(29)25(18)15-21(27)30-3)24-22(28)20(31-16(2)26)14-17-10-6-5-7-11-17/h4-7,10-11,18-20H,1,8-9,12-15H2,2-3H3,(H,24,28)/t18-,19-,20-/m0/s1. The van der Waals surface area contributed by atoms with Crippen LogP contribution in [0.4, 0.5) is 0 Å². The third kappa shape index (κ3) is 7.54. The van der Waals surface area contributed by atoms with E-state index in [1.54, 1.807) is 6.08 Å². The molecule has 8 heteroatoms. The van der Waals surface area contributed by atoms with E-state index in [1.165, 1.54) is 18.9 Å². The molecule has 1 fully saturated rings. The van der Waals surface area contributed by atoms with Gasteiger partial charge in [0, 0.05) is 13.0 Å². The van der Waals surface area contributed by atoms with E-state index in [4.69, 9.17) is 4.74 Å². The van der Waals surface area contributed by atoms with Crippen LogP contribution in [0.1, 0.15) is 38.2 Å². The first-order valence-electron chi connectivity index (χ1n) is 10.4. The molecule has 0 bridgehead atoms. The Morgan fingerprint density at radius 1 is 1.29 bits per heavy atom. The normalized spacial score (nSPS) is 19.8. The van der Waals surface area contributed by atoms with Crippen LogP contribution in [0.2, 0.25) is 0 Å². The molecule has 31 heavy (non-hydrogen) atoms. The summed E-state index contributed by atoms with van der Waals surface area (Å²) in [5.41, 5.74) is 0.932. The van der Waals surface area contributed by atoms with Crippen molar-refractivity contribution in [3.05, 3.63) is 48.6 Å². The number of nitrogens with one attached hydrogen (secondary N) is 1. The van der Waals surface area contributed by atoms with Gasteiger partial charge in [-0.1, -0.05) is 48.2 Å². The molecule has 1 aliphatic rings. The van der Waals surface area contributed by atoms with Gasteiger partial charge in [0.05, 0.1) is 12.4 Å². The molecule has 168 valence electrons. The zero-order valence-electron chi connectivity index (χ0n) is 18.0. The van der Waals surface area contributed by atoms with Crippen LogP contribution in [0.3, 0.4) is 0 Å². The van der Waals surface area contributed by atoms with Crippen LogP contribution in [0.15, 0.2) is 43.0 Å². The monoisotopic (exact) mass is 446 g/mol. The summed E-state index contributed by atoms with van der Waals surface area (Å²) < 4.78 is 4.75. The molecule has 1 saturated heterocycles. The summed E-state index contributed by atoms with van der Waals surface area (Å²) in [6.07, 6.45) is 4.55. The molecule has 0 unspecified atom stereocenters. The van der Waals surface area contributed by atoms with E-state index in [0.717, 1.165) is 23.7 Å². The highest BCUT2D eigenvalue weighted by atomic mass is 32.2. The molecule has 1 aliphatic heterocycles. The number of hydrogen-bond acceptors (Lipinski definition) is 6. The number of hydrogen-bond donors (Lipinski definition) is 1. The predicted octanol–water partition coefficient (Wildman–Crippen LogP) is 2.49. The van der Waals surface area contributed by atoms with Crippen LogP contribution in [0.25, 0.3) is 0 Å². The lowest BCUT2D eigenvalue weighted by atomic mass is 10.1. The number of ether oxygens (including phenoxy) is 1. The predicted molar refractivity (Wildman–Crippen MR) is 120 cm³/mol. The van der Waals surface area contributed by atoms with E-state index in [1.807, 2.05) is 30.3 Å². The fraction of sp³-hybridized carbons (Fsp3) is 0.478. The van der Waals surface area contributed by atoms with Gasteiger partial charge in [0.25, 0.3) is 0 Å². The van der Waals surface area contributed by atoms with Crippen molar-refractivity contribution in [3.63, 3.8) is 0 Å². The lowest BCUT2D eigenvalue weighted by molar-refractivity contribution is -0.149. The van der Waals surface area contributed by atoms with Crippen molar-refractivity contribution in [2.75, 3.05) is 13.7 Å². The SMILES string of the molecule is C=CC[C@H]1CCC[C@H](NC(=O)[C@H](Cc2ccccc2)SC(C)=O)C(=O)N1CC(=O)OC. The molecule has 0 saturated carbocycles. The van der Waals surface area contributed by atoms with Crippen LogP contribution in [-0.4, -0.2) is 58.8 Å². The summed E-state index contributed by atoms with van der Waals surface area (Å²) in [5.74, 6) is -1.18. The molecule has 0 spiro atoms. The second-order valence-electron chi connectivity index (χ2n) is 7.50. The van der Waals surface area contributed by atoms with Crippen molar-refractivity contribution in [3.8, 4) is 0 Å². The summed E-state index contributed by atoms with van der Waals surface area (Å²) >= 11 is 0.958. The van der Waals surface area contributed by atoms with E-state index in [9.17, 15) is 19.2 Å². The van der Waals surface area contributed by atoms with Gasteiger partial charge in [-0.15, -0.1) is 6.58 Å². The van der Waals surface area contributed by atoms with Crippen molar-refractivity contribution >= 4 is 34.7 Å². The molecule has 0 aliphatic carbocycles. The topological polar surface area (TPSA) is 92.8 Å². The Bertz CT molecular complexity index is 798. The number of methoxy groups -OCH3 is 1. The van der Waals surface area contributed by atoms with Crippen molar-refractivity contribution in [2.45, 2.75) is 56.4 Å². The van der Waals surface area contributed by atoms with Gasteiger partial charge in [0.1, 0.15) is 12.6 Å². The van der Waals surface area contributed by atoms with E-state index < -0.39 is 17.3 Å². The molecule has 3 atom stereocenters. The molecule has 1 aromatic rings. The fourth-order valence-electron chi connectivity index (χ4n) is 3.68. The van der Waals surface area contributed by atoms with Crippen LogP contribution in [0.5, 0.6) is 0 Å². The van der Waals surface area contributed by atoms with Gasteiger partial charge in [-0.05, 0) is 37.7 Å². The summed E-state index contributed by atoms with van der Waals surface area (Å²) in [5, 5.41) is 2.03. The first-order chi connectivity index (χ1) is 14.8. The molecular formula is C23H30N2O5S. The van der Waals surface area contributed by atoms with Gasteiger partial charge in [-0.25, -0.2) is 0 Å². The molecule has 1 aromatic carbocycles. The van der Waals surface area contributed by atoms with Crippen molar-refractivity contribution in [1.82, 2.24) is 10.2 Å². The Hall–Kier alpha value is -2.61. The maximum absolute atomic E-state index is 13.2. The highest BCUT2D eigenvalue weighted by Crippen LogP contribution is 2.23. The highest BCUT2D eigenvalue weighted by molar-refractivity contribution is 8.14. The number of carbonyl (C=O) groups is 4. The van der Waals surface area contributed by atoms with Gasteiger partial charge < -0.3 is 15.0 Å². The van der Waals surface area contributed by atoms with Crippen LogP contribution in [0, 0.1) is 0 Å². The maximum atomic E-state index is 13.2. The number of nitrogens with zero attached hydrogens (tertiary/aromatic N) is 1. The van der Waals surface area contributed by atoms with E-state index >= 15 is 0 Å². The molecule has 2 rings (SSSR count). The van der Waals surface area contributed by atoms with Gasteiger partial charge in [-0.2, -0.15) is 0 Å². The first-order valence-corrected chi connectivity index (χ1v) is 11.2.